The number of amides is 2. The number of nitrogens with one attached hydrogen (secondary N) is 1. The lowest BCUT2D eigenvalue weighted by molar-refractivity contribution is -0.644. The number of anilines is 1. The molecule has 43 heavy (non-hydrogen) atoms. The van der Waals surface area contributed by atoms with Gasteiger partial charge in [0.15, 0.2) is 11.3 Å². The lowest BCUT2D eigenvalue weighted by Crippen LogP contribution is -2.71. The number of aliphatic carboxylic acids is 1. The van der Waals surface area contributed by atoms with E-state index in [9.17, 15) is 19.5 Å². The molecule has 3 aromatic rings. The first kappa shape index (κ1) is 29.1. The number of imidazole rings is 1. The Kier molecular flexibility index (Phi) is 8.36. The number of β-lactam (4-membered cyclic amide) rings is 1. The number of carboxylic acid groups (broad SMARTS) is 1. The zero-order chi connectivity index (χ0) is 30.1. The molecule has 1 aliphatic carbocycles. The minimum Gasteiger partial charge on any atom is -0.477 e. The van der Waals surface area contributed by atoms with Crippen LogP contribution in [0.2, 0.25) is 0 Å². The molecule has 0 radical (unpaired) electrons. The van der Waals surface area contributed by atoms with Crippen LogP contribution in [0.3, 0.4) is 0 Å². The van der Waals surface area contributed by atoms with Crippen molar-refractivity contribution in [2.24, 2.45) is 12.2 Å². The third kappa shape index (κ3) is 5.96. The molecular formula is C26H28N9O5S3+. The SMILES string of the molecule is C[n+]1ccn2nc(SC/C=C/C3=C(C(=O)O)N4C(=O)[C@@H](NC(=O)/C(=N\OC5CCCC5)c5nsc(N)n5)[C@H]4SC3)ccc21. The number of hydrogen-bond donors (Lipinski definition) is 3. The van der Waals surface area contributed by atoms with Crippen molar-refractivity contribution in [3.63, 3.8) is 0 Å². The number of nitrogens with two attached hydrogens (primary N) is 1. The molecule has 3 aromatic heterocycles. The number of carboxylic acids is 1. The highest BCUT2D eigenvalue weighted by Gasteiger charge is 2.54. The average molecular weight is 643 g/mol. The number of hydrogen-bond acceptors (Lipinski definition) is 12. The number of carbonyl (C=O) groups is 3. The smallest absolute Gasteiger partial charge is 0.352 e. The van der Waals surface area contributed by atoms with Crippen molar-refractivity contribution in [2.75, 3.05) is 17.2 Å². The molecule has 0 unspecified atom stereocenters. The van der Waals surface area contributed by atoms with Gasteiger partial charge in [-0.2, -0.15) is 9.36 Å². The van der Waals surface area contributed by atoms with E-state index in [2.05, 4.69) is 24.9 Å². The first-order valence-electron chi connectivity index (χ1n) is 13.5. The summed E-state index contributed by atoms with van der Waals surface area (Å²) >= 11 is 3.79. The maximum absolute atomic E-state index is 13.3. The van der Waals surface area contributed by atoms with Crippen LogP contribution in [-0.2, 0) is 26.3 Å². The van der Waals surface area contributed by atoms with Crippen molar-refractivity contribution in [1.82, 2.24) is 29.2 Å². The molecule has 3 aliphatic rings. The molecule has 0 bridgehead atoms. The molecule has 2 amide bonds. The first-order valence-corrected chi connectivity index (χ1v) is 16.3. The summed E-state index contributed by atoms with van der Waals surface area (Å²) in [6, 6.07) is 2.96. The van der Waals surface area contributed by atoms with E-state index in [-0.39, 0.29) is 28.5 Å². The normalized spacial score (nSPS) is 21.0. The maximum Gasteiger partial charge on any atom is 0.352 e. The highest BCUT2D eigenvalue weighted by atomic mass is 32.2. The van der Waals surface area contributed by atoms with Crippen LogP contribution in [0, 0.1) is 0 Å². The Morgan fingerprint density at radius 3 is 2.91 bits per heavy atom. The van der Waals surface area contributed by atoms with E-state index in [0.29, 0.717) is 17.1 Å². The third-order valence-electron chi connectivity index (χ3n) is 7.21. The molecule has 4 N–H and O–H groups in total. The summed E-state index contributed by atoms with van der Waals surface area (Å²) in [7, 11) is 1.95. The van der Waals surface area contributed by atoms with Gasteiger partial charge in [-0.15, -0.1) is 16.3 Å². The molecule has 17 heteroatoms. The van der Waals surface area contributed by atoms with Gasteiger partial charge in [0.1, 0.15) is 34.4 Å². The van der Waals surface area contributed by atoms with Crippen molar-refractivity contribution in [2.45, 2.75) is 48.2 Å². The molecule has 6 rings (SSSR count). The van der Waals surface area contributed by atoms with E-state index in [1.165, 1.54) is 28.4 Å². The van der Waals surface area contributed by atoms with Crippen LogP contribution in [0.5, 0.6) is 0 Å². The number of carbonyl (C=O) groups excluding carboxylic acids is 2. The first-order chi connectivity index (χ1) is 20.8. The summed E-state index contributed by atoms with van der Waals surface area (Å²) < 4.78 is 7.84. The molecule has 5 heterocycles. The highest BCUT2D eigenvalue weighted by molar-refractivity contribution is 8.00. The van der Waals surface area contributed by atoms with Crippen LogP contribution in [0.25, 0.3) is 5.65 Å². The van der Waals surface area contributed by atoms with Crippen LogP contribution in [0.4, 0.5) is 5.13 Å². The van der Waals surface area contributed by atoms with Crippen LogP contribution < -0.4 is 15.6 Å². The quantitative estimate of drug-likeness (QED) is 0.0955. The zero-order valence-corrected chi connectivity index (χ0v) is 25.4. The summed E-state index contributed by atoms with van der Waals surface area (Å²) in [5, 5.41) is 21.7. The molecule has 224 valence electrons. The summed E-state index contributed by atoms with van der Waals surface area (Å²) in [5.41, 5.74) is 6.92. The van der Waals surface area contributed by atoms with E-state index in [0.717, 1.165) is 47.9 Å². The topological polar surface area (TPSA) is 181 Å². The Balaban J connectivity index is 1.12. The van der Waals surface area contributed by atoms with E-state index in [1.54, 1.807) is 10.6 Å². The summed E-state index contributed by atoms with van der Waals surface area (Å²) in [4.78, 5) is 49.6. The number of nitrogens with zero attached hydrogens (tertiary/aromatic N) is 7. The van der Waals surface area contributed by atoms with Crippen LogP contribution in [0.1, 0.15) is 31.5 Å². The van der Waals surface area contributed by atoms with Crippen LogP contribution in [-0.4, -0.2) is 81.5 Å². The Labute approximate surface area is 258 Å². The number of oxime groups is 1. The van der Waals surface area contributed by atoms with Gasteiger partial charge < -0.3 is 21.0 Å². The predicted molar refractivity (Wildman–Crippen MR) is 160 cm³/mol. The molecule has 1 saturated carbocycles. The van der Waals surface area contributed by atoms with Crippen LogP contribution >= 0.6 is 35.1 Å². The standard InChI is InChI=1S/C26H27N9O5S3/c1-33-10-11-34-17(33)9-8-16(30-34)41-12-4-5-14-13-42-24-19(23(37)35(24)20(14)25(38)39)28-22(36)18(21-29-26(27)43-32-21)31-40-15-6-2-3-7-15/h4-5,8-11,15,19,24H,2-3,6-7,12-13H2,1H3,(H3-,27,28,29,32,36,38,39)/p+1/b5-4+,31-18-/t19-,24-/m1/s1. The van der Waals surface area contributed by atoms with Gasteiger partial charge in [0, 0.05) is 29.1 Å². The van der Waals surface area contributed by atoms with Crippen molar-refractivity contribution in [1.29, 1.82) is 0 Å². The van der Waals surface area contributed by atoms with Gasteiger partial charge in [-0.1, -0.05) is 34.2 Å². The van der Waals surface area contributed by atoms with Gasteiger partial charge >= 0.3 is 11.6 Å². The Morgan fingerprint density at radius 1 is 1.35 bits per heavy atom. The molecule has 2 atom stereocenters. The van der Waals surface area contributed by atoms with E-state index in [1.807, 2.05) is 42.2 Å². The lowest BCUT2D eigenvalue weighted by atomic mass is 10.0. The lowest BCUT2D eigenvalue weighted by Gasteiger charge is -2.49. The third-order valence-corrected chi connectivity index (χ3v) is 9.92. The molecular weight excluding hydrogens is 615 g/mol. The number of allylic oxidation sites excluding steroid dienone is 1. The summed E-state index contributed by atoms with van der Waals surface area (Å²) in [6.45, 7) is 0. The number of thioether (sulfide) groups is 2. The second-order valence-corrected chi connectivity index (χ2v) is 13.0. The number of nitrogen functional groups attached to an aromatic ring is 1. The van der Waals surface area contributed by atoms with Crippen molar-refractivity contribution in [3.8, 4) is 0 Å². The maximum atomic E-state index is 13.3. The van der Waals surface area contributed by atoms with Crippen molar-refractivity contribution >= 4 is 69.3 Å². The van der Waals surface area contributed by atoms with Gasteiger partial charge in [-0.3, -0.25) is 14.5 Å². The summed E-state index contributed by atoms with van der Waals surface area (Å²) in [6.07, 6.45) is 11.0. The van der Waals surface area contributed by atoms with E-state index in [4.69, 9.17) is 10.6 Å². The van der Waals surface area contributed by atoms with E-state index < -0.39 is 29.2 Å². The van der Waals surface area contributed by atoms with Gasteiger partial charge in [0.2, 0.25) is 11.5 Å². The monoisotopic (exact) mass is 642 g/mol. The van der Waals surface area contributed by atoms with Crippen LogP contribution in [0.15, 0.2) is 58.1 Å². The van der Waals surface area contributed by atoms with Gasteiger partial charge in [0.05, 0.1) is 7.05 Å². The minimum absolute atomic E-state index is 0.00631. The summed E-state index contributed by atoms with van der Waals surface area (Å²) in [5.74, 6) is -1.52. The van der Waals surface area contributed by atoms with Gasteiger partial charge in [-0.05, 0) is 37.3 Å². The second-order valence-electron chi connectivity index (χ2n) is 10.0. The minimum atomic E-state index is -1.21. The van der Waals surface area contributed by atoms with Crippen molar-refractivity contribution in [3.05, 3.63) is 53.8 Å². The fourth-order valence-corrected chi connectivity index (χ4v) is 7.49. The van der Waals surface area contributed by atoms with Gasteiger partial charge in [-0.25, -0.2) is 9.36 Å². The fourth-order valence-electron chi connectivity index (χ4n) is 5.06. The Morgan fingerprint density at radius 2 is 2.16 bits per heavy atom. The largest absolute Gasteiger partial charge is 0.477 e. The Bertz CT molecular complexity index is 1680. The molecule has 2 fully saturated rings. The molecule has 14 nitrogen and oxygen atoms in total. The highest BCUT2D eigenvalue weighted by Crippen LogP contribution is 2.40. The van der Waals surface area contributed by atoms with E-state index >= 15 is 0 Å². The molecule has 2 aliphatic heterocycles. The predicted octanol–water partition coefficient (Wildman–Crippen LogP) is 1.34. The average Bonchev–Trinajstić information content (AvgIpc) is 3.76. The number of aromatic nitrogens is 5. The molecule has 0 aromatic carbocycles. The van der Waals surface area contributed by atoms with Gasteiger partial charge in [0.25, 0.3) is 11.8 Å². The number of rotatable bonds is 10. The Hall–Kier alpha value is -3.96. The molecule has 0 spiro atoms. The zero-order valence-electron chi connectivity index (χ0n) is 23.0. The number of aryl methyl sites for hydroxylation is 1. The second kappa shape index (κ2) is 12.3. The number of fused-ring (bicyclic) bond motifs is 2. The fraction of sp³-hybridized carbons (Fsp3) is 0.385. The van der Waals surface area contributed by atoms with Crippen molar-refractivity contribution < 1.29 is 28.9 Å². The molecule has 1 saturated heterocycles.